The first-order valence-electron chi connectivity index (χ1n) is 7.59. The van der Waals surface area contributed by atoms with Gasteiger partial charge in [-0.2, -0.15) is 0 Å². The Hall–Kier alpha value is -1.23. The lowest BCUT2D eigenvalue weighted by molar-refractivity contribution is 0.306. The minimum atomic E-state index is 0. The molecule has 1 N–H and O–H groups in total. The molecule has 0 spiro atoms. The molecule has 1 heterocycles. The molecule has 2 nitrogen and oxygen atoms in total. The van der Waals surface area contributed by atoms with E-state index in [9.17, 15) is 0 Å². The van der Waals surface area contributed by atoms with E-state index >= 15 is 0 Å². The van der Waals surface area contributed by atoms with Gasteiger partial charge in [0.15, 0.2) is 0 Å². The summed E-state index contributed by atoms with van der Waals surface area (Å²) in [6.45, 7) is 2.15. The quantitative estimate of drug-likeness (QED) is 0.486. The average molecular weight is 415 g/mol. The lowest BCUT2D eigenvalue weighted by atomic mass is 10.2. The number of thiophene rings is 1. The summed E-state index contributed by atoms with van der Waals surface area (Å²) in [5.74, 6) is 0.822. The van der Waals surface area contributed by atoms with E-state index in [0.29, 0.717) is 16.7 Å². The molecule has 3 aromatic rings. The number of nitrogens with one attached hydrogen (secondary N) is 1. The van der Waals surface area contributed by atoms with Crippen molar-refractivity contribution in [1.82, 2.24) is 5.32 Å². The van der Waals surface area contributed by atoms with Crippen LogP contribution in [0.1, 0.15) is 16.0 Å². The fourth-order valence-electron chi connectivity index (χ4n) is 2.25. The predicted molar refractivity (Wildman–Crippen MR) is 109 cm³/mol. The van der Waals surface area contributed by atoms with Gasteiger partial charge >= 0.3 is 0 Å². The second kappa shape index (κ2) is 10.0. The van der Waals surface area contributed by atoms with E-state index in [0.717, 1.165) is 24.4 Å². The topological polar surface area (TPSA) is 21.3 Å². The third-order valence-electron chi connectivity index (χ3n) is 3.54. The van der Waals surface area contributed by atoms with E-state index in [1.54, 1.807) is 17.4 Å². The van der Waals surface area contributed by atoms with Crippen molar-refractivity contribution in [2.45, 2.75) is 19.7 Å². The van der Waals surface area contributed by atoms with Crippen LogP contribution in [0.3, 0.4) is 0 Å². The normalized spacial score (nSPS) is 10.3. The highest BCUT2D eigenvalue weighted by Crippen LogP contribution is 2.23. The summed E-state index contributed by atoms with van der Waals surface area (Å²) in [4.78, 5) is 1.34. The Bertz CT molecular complexity index is 776. The van der Waals surface area contributed by atoms with Crippen LogP contribution in [0.15, 0.2) is 60.0 Å². The molecule has 25 heavy (non-hydrogen) atoms. The minimum Gasteiger partial charge on any atom is -0.489 e. The van der Waals surface area contributed by atoms with Crippen LogP contribution < -0.4 is 10.1 Å². The van der Waals surface area contributed by atoms with Gasteiger partial charge in [0.1, 0.15) is 12.4 Å². The Morgan fingerprint density at radius 1 is 0.960 bits per heavy atom. The summed E-state index contributed by atoms with van der Waals surface area (Å²) in [5.41, 5.74) is 2.14. The van der Waals surface area contributed by atoms with Crippen molar-refractivity contribution in [2.75, 3.05) is 0 Å². The number of rotatable bonds is 7. The van der Waals surface area contributed by atoms with Crippen LogP contribution in [-0.4, -0.2) is 0 Å². The second-order valence-corrected chi connectivity index (χ2v) is 7.23. The van der Waals surface area contributed by atoms with Crippen LogP contribution >= 0.6 is 46.9 Å². The van der Waals surface area contributed by atoms with Crippen LogP contribution in [0.5, 0.6) is 5.75 Å². The highest BCUT2D eigenvalue weighted by molar-refractivity contribution is 7.09. The summed E-state index contributed by atoms with van der Waals surface area (Å²) < 4.78 is 5.78. The number of hydrogen-bond donors (Lipinski definition) is 1. The summed E-state index contributed by atoms with van der Waals surface area (Å²) in [7, 11) is 0. The maximum absolute atomic E-state index is 6.15. The van der Waals surface area contributed by atoms with Crippen LogP contribution in [0.2, 0.25) is 10.0 Å². The molecule has 0 fully saturated rings. The minimum absolute atomic E-state index is 0. The van der Waals surface area contributed by atoms with Crippen molar-refractivity contribution >= 4 is 46.9 Å². The molecule has 0 radical (unpaired) electrons. The highest BCUT2D eigenvalue weighted by Gasteiger charge is 2.03. The Labute approximate surface area is 168 Å². The lowest BCUT2D eigenvalue weighted by Gasteiger charge is -2.09. The van der Waals surface area contributed by atoms with Crippen molar-refractivity contribution in [2.24, 2.45) is 0 Å². The number of ether oxygens (including phenoxy) is 1. The van der Waals surface area contributed by atoms with E-state index in [4.69, 9.17) is 27.9 Å². The molecule has 0 aliphatic heterocycles. The van der Waals surface area contributed by atoms with Crippen LogP contribution in [0, 0.1) is 0 Å². The molecular weight excluding hydrogens is 397 g/mol. The molecule has 2 aromatic carbocycles. The highest BCUT2D eigenvalue weighted by atomic mass is 35.5. The van der Waals surface area contributed by atoms with Gasteiger partial charge in [0, 0.05) is 33.6 Å². The molecule has 0 aliphatic carbocycles. The molecule has 0 saturated carbocycles. The van der Waals surface area contributed by atoms with Crippen molar-refractivity contribution < 1.29 is 4.74 Å². The van der Waals surface area contributed by atoms with Gasteiger partial charge in [-0.25, -0.2) is 0 Å². The van der Waals surface area contributed by atoms with Gasteiger partial charge in [0.05, 0.1) is 0 Å². The maximum Gasteiger partial charge on any atom is 0.119 e. The molecule has 6 heteroatoms. The Morgan fingerprint density at radius 2 is 1.76 bits per heavy atom. The van der Waals surface area contributed by atoms with Crippen LogP contribution in [-0.2, 0) is 19.7 Å². The summed E-state index contributed by atoms with van der Waals surface area (Å²) in [6, 6.07) is 17.7. The van der Waals surface area contributed by atoms with E-state index < -0.39 is 0 Å². The van der Waals surface area contributed by atoms with Gasteiger partial charge in [-0.15, -0.1) is 23.7 Å². The summed E-state index contributed by atoms with van der Waals surface area (Å²) >= 11 is 13.8. The second-order valence-electron chi connectivity index (χ2n) is 5.35. The fraction of sp³-hybridized carbons (Fsp3) is 0.158. The average Bonchev–Trinajstić information content (AvgIpc) is 3.09. The molecule has 0 saturated heterocycles. The zero-order valence-electron chi connectivity index (χ0n) is 13.4. The first kappa shape index (κ1) is 20.1. The SMILES string of the molecule is Cl.Clc1ccc(COc2ccc(CNCc3cccs3)cc2)c(Cl)c1. The maximum atomic E-state index is 6.15. The molecule has 0 bridgehead atoms. The smallest absolute Gasteiger partial charge is 0.119 e. The largest absolute Gasteiger partial charge is 0.489 e. The van der Waals surface area contributed by atoms with Gasteiger partial charge in [-0.1, -0.05) is 47.5 Å². The van der Waals surface area contributed by atoms with Gasteiger partial charge in [0.2, 0.25) is 0 Å². The fourth-order valence-corrected chi connectivity index (χ4v) is 3.38. The van der Waals surface area contributed by atoms with Crippen molar-refractivity contribution in [3.05, 3.63) is 86.0 Å². The van der Waals surface area contributed by atoms with E-state index in [1.807, 2.05) is 24.3 Å². The molecule has 0 aliphatic rings. The van der Waals surface area contributed by atoms with Gasteiger partial charge in [0.25, 0.3) is 0 Å². The summed E-state index contributed by atoms with van der Waals surface area (Å²) in [6.07, 6.45) is 0. The van der Waals surface area contributed by atoms with Crippen LogP contribution in [0.25, 0.3) is 0 Å². The van der Waals surface area contributed by atoms with E-state index in [2.05, 4.69) is 35.0 Å². The molecule has 0 atom stereocenters. The Morgan fingerprint density at radius 3 is 2.44 bits per heavy atom. The Balaban J connectivity index is 0.00000225. The first-order chi connectivity index (χ1) is 11.7. The number of halogens is 3. The predicted octanol–water partition coefficient (Wildman–Crippen LogP) is 6.35. The van der Waals surface area contributed by atoms with E-state index in [-0.39, 0.29) is 12.4 Å². The Kier molecular flexibility index (Phi) is 8.07. The first-order valence-corrected chi connectivity index (χ1v) is 9.23. The lowest BCUT2D eigenvalue weighted by Crippen LogP contribution is -2.11. The number of benzene rings is 2. The number of hydrogen-bond acceptors (Lipinski definition) is 3. The zero-order valence-corrected chi connectivity index (χ0v) is 16.5. The van der Waals surface area contributed by atoms with Crippen LogP contribution in [0.4, 0.5) is 0 Å². The molecule has 0 amide bonds. The van der Waals surface area contributed by atoms with Gasteiger partial charge < -0.3 is 10.1 Å². The third-order valence-corrected chi connectivity index (χ3v) is 5.00. The van der Waals surface area contributed by atoms with E-state index in [1.165, 1.54) is 10.4 Å². The van der Waals surface area contributed by atoms with Crippen molar-refractivity contribution in [3.8, 4) is 5.75 Å². The van der Waals surface area contributed by atoms with Gasteiger partial charge in [-0.05, 0) is 41.3 Å². The summed E-state index contributed by atoms with van der Waals surface area (Å²) in [5, 5.41) is 6.78. The molecular formula is C19H18Cl3NOS. The molecule has 0 unspecified atom stereocenters. The van der Waals surface area contributed by atoms with Crippen molar-refractivity contribution in [1.29, 1.82) is 0 Å². The molecule has 3 rings (SSSR count). The zero-order chi connectivity index (χ0) is 16.8. The molecule has 1 aromatic heterocycles. The van der Waals surface area contributed by atoms with Gasteiger partial charge in [-0.3, -0.25) is 0 Å². The standard InChI is InChI=1S/C19H17Cl2NOS.ClH/c20-16-6-5-15(19(21)10-16)13-23-17-7-3-14(4-8-17)11-22-12-18-2-1-9-24-18;/h1-10,22H,11-13H2;1H. The third kappa shape index (κ3) is 6.21. The van der Waals surface area contributed by atoms with Crippen molar-refractivity contribution in [3.63, 3.8) is 0 Å². The monoisotopic (exact) mass is 413 g/mol. The molecule has 132 valence electrons.